The molecule has 2 rings (SSSR count). The molecule has 0 saturated heterocycles. The molecule has 3 heteroatoms. The molecule has 0 heterocycles. The summed E-state index contributed by atoms with van der Waals surface area (Å²) in [5, 5.41) is 3.30. The Morgan fingerprint density at radius 3 is 2.10 bits per heavy atom. The largest absolute Gasteiger partial charge is 0.379 e. The number of benzene rings is 2. The molecule has 0 fully saturated rings. The van der Waals surface area contributed by atoms with Gasteiger partial charge < -0.3 is 5.32 Å². The number of nitrogens with one attached hydrogen (secondary N) is 1. The van der Waals surface area contributed by atoms with Crippen LogP contribution in [0.4, 0.5) is 14.5 Å². The lowest BCUT2D eigenvalue weighted by Crippen LogP contribution is -2.07. The van der Waals surface area contributed by atoms with E-state index in [0.29, 0.717) is 5.92 Å². The molecule has 112 valence electrons. The molecule has 0 aliphatic carbocycles. The minimum absolute atomic E-state index is 0.0884. The van der Waals surface area contributed by atoms with Gasteiger partial charge in [-0.05, 0) is 54.7 Å². The van der Waals surface area contributed by atoms with Crippen LogP contribution in [0, 0.1) is 11.6 Å². The highest BCUT2D eigenvalue weighted by Gasteiger charge is 2.09. The number of hydrogen-bond donors (Lipinski definition) is 1. The second kappa shape index (κ2) is 6.70. The summed E-state index contributed by atoms with van der Waals surface area (Å²) in [5.74, 6) is -1.08. The van der Waals surface area contributed by atoms with E-state index in [0.717, 1.165) is 23.7 Å². The molecule has 0 radical (unpaired) electrons. The molecule has 2 aromatic carbocycles. The Morgan fingerprint density at radius 1 is 0.905 bits per heavy atom. The summed E-state index contributed by atoms with van der Waals surface area (Å²) in [6, 6.07) is 12.2. The van der Waals surface area contributed by atoms with E-state index in [9.17, 15) is 8.78 Å². The van der Waals surface area contributed by atoms with Gasteiger partial charge >= 0.3 is 0 Å². The fraction of sp³-hybridized carbons (Fsp3) is 0.333. The first-order valence-corrected chi connectivity index (χ1v) is 7.32. The van der Waals surface area contributed by atoms with Crippen molar-refractivity contribution < 1.29 is 8.78 Å². The average Bonchev–Trinajstić information content (AvgIpc) is 2.50. The summed E-state index contributed by atoms with van der Waals surface area (Å²) >= 11 is 0. The molecule has 0 aliphatic rings. The standard InChI is InChI=1S/C18H21F2N/c1-4-12(2)14-5-8-16(9-6-14)21-13(3)15-7-10-17(19)18(20)11-15/h5-13,21H,4H2,1-3H3. The minimum atomic E-state index is -0.816. The summed E-state index contributed by atoms with van der Waals surface area (Å²) in [5.41, 5.74) is 3.00. The summed E-state index contributed by atoms with van der Waals surface area (Å²) in [6.07, 6.45) is 1.11. The Bertz CT molecular complexity index is 593. The van der Waals surface area contributed by atoms with Crippen LogP contribution in [0.15, 0.2) is 42.5 Å². The third-order valence-electron chi connectivity index (χ3n) is 3.92. The molecular weight excluding hydrogens is 268 g/mol. The van der Waals surface area contributed by atoms with E-state index >= 15 is 0 Å². The normalized spacial score (nSPS) is 13.8. The third-order valence-corrected chi connectivity index (χ3v) is 3.92. The second-order valence-electron chi connectivity index (χ2n) is 5.47. The molecule has 2 unspecified atom stereocenters. The van der Waals surface area contributed by atoms with Gasteiger partial charge in [0.25, 0.3) is 0 Å². The van der Waals surface area contributed by atoms with Crippen molar-refractivity contribution in [2.24, 2.45) is 0 Å². The van der Waals surface area contributed by atoms with Gasteiger partial charge in [-0.15, -0.1) is 0 Å². The molecule has 2 aromatic rings. The van der Waals surface area contributed by atoms with E-state index in [1.54, 1.807) is 6.07 Å². The van der Waals surface area contributed by atoms with Crippen LogP contribution in [0.25, 0.3) is 0 Å². The molecule has 0 bridgehead atoms. The maximum absolute atomic E-state index is 13.3. The van der Waals surface area contributed by atoms with Gasteiger partial charge in [-0.1, -0.05) is 32.0 Å². The number of halogens is 2. The maximum atomic E-state index is 13.3. The van der Waals surface area contributed by atoms with Crippen LogP contribution in [-0.4, -0.2) is 0 Å². The van der Waals surface area contributed by atoms with Crippen LogP contribution in [0.5, 0.6) is 0 Å². The summed E-state index contributed by atoms with van der Waals surface area (Å²) in [6.45, 7) is 6.30. The summed E-state index contributed by atoms with van der Waals surface area (Å²) in [4.78, 5) is 0. The van der Waals surface area contributed by atoms with Gasteiger partial charge in [0.15, 0.2) is 11.6 Å². The van der Waals surface area contributed by atoms with Crippen molar-refractivity contribution in [2.75, 3.05) is 5.32 Å². The van der Waals surface area contributed by atoms with E-state index in [4.69, 9.17) is 0 Å². The van der Waals surface area contributed by atoms with Crippen molar-refractivity contribution >= 4 is 5.69 Å². The predicted octanol–water partition coefficient (Wildman–Crippen LogP) is 5.65. The van der Waals surface area contributed by atoms with Crippen molar-refractivity contribution in [2.45, 2.75) is 39.2 Å². The van der Waals surface area contributed by atoms with Crippen LogP contribution in [0.1, 0.15) is 50.3 Å². The van der Waals surface area contributed by atoms with Gasteiger partial charge in [-0.3, -0.25) is 0 Å². The summed E-state index contributed by atoms with van der Waals surface area (Å²) < 4.78 is 26.2. The first kappa shape index (κ1) is 15.5. The second-order valence-corrected chi connectivity index (χ2v) is 5.47. The number of anilines is 1. The molecule has 21 heavy (non-hydrogen) atoms. The highest BCUT2D eigenvalue weighted by Crippen LogP contribution is 2.24. The quantitative estimate of drug-likeness (QED) is 0.749. The van der Waals surface area contributed by atoms with Gasteiger partial charge in [-0.2, -0.15) is 0 Å². The zero-order valence-electron chi connectivity index (χ0n) is 12.7. The summed E-state index contributed by atoms with van der Waals surface area (Å²) in [7, 11) is 0. The van der Waals surface area contributed by atoms with Crippen LogP contribution < -0.4 is 5.32 Å². The van der Waals surface area contributed by atoms with E-state index < -0.39 is 11.6 Å². The van der Waals surface area contributed by atoms with Gasteiger partial charge in [0.05, 0.1) is 0 Å². The van der Waals surface area contributed by atoms with Gasteiger partial charge in [0.1, 0.15) is 0 Å². The highest BCUT2D eigenvalue weighted by atomic mass is 19.2. The van der Waals surface area contributed by atoms with E-state index in [1.807, 2.05) is 19.1 Å². The first-order valence-electron chi connectivity index (χ1n) is 7.32. The van der Waals surface area contributed by atoms with Gasteiger partial charge in [-0.25, -0.2) is 8.78 Å². The molecule has 0 aliphatic heterocycles. The predicted molar refractivity (Wildman–Crippen MR) is 83.5 cm³/mol. The fourth-order valence-electron chi connectivity index (χ4n) is 2.26. The molecular formula is C18H21F2N. The Kier molecular flexibility index (Phi) is 4.94. The first-order chi connectivity index (χ1) is 10.0. The number of rotatable bonds is 5. The molecule has 0 spiro atoms. The smallest absolute Gasteiger partial charge is 0.159 e. The van der Waals surface area contributed by atoms with Crippen molar-refractivity contribution in [1.29, 1.82) is 0 Å². The maximum Gasteiger partial charge on any atom is 0.159 e. The van der Waals surface area contributed by atoms with E-state index in [-0.39, 0.29) is 6.04 Å². The molecule has 0 saturated carbocycles. The Morgan fingerprint density at radius 2 is 1.52 bits per heavy atom. The lowest BCUT2D eigenvalue weighted by molar-refractivity contribution is 0.506. The van der Waals surface area contributed by atoms with Crippen LogP contribution in [0.2, 0.25) is 0 Å². The van der Waals surface area contributed by atoms with Crippen LogP contribution >= 0.6 is 0 Å². The molecule has 0 aromatic heterocycles. The minimum Gasteiger partial charge on any atom is -0.379 e. The zero-order valence-corrected chi connectivity index (χ0v) is 12.7. The Hall–Kier alpha value is -1.90. The van der Waals surface area contributed by atoms with Crippen LogP contribution in [0.3, 0.4) is 0 Å². The average molecular weight is 289 g/mol. The third kappa shape index (κ3) is 3.81. The van der Waals surface area contributed by atoms with E-state index in [1.165, 1.54) is 11.6 Å². The highest BCUT2D eigenvalue weighted by molar-refractivity contribution is 5.47. The lowest BCUT2D eigenvalue weighted by Gasteiger charge is -2.17. The molecule has 0 amide bonds. The fourth-order valence-corrected chi connectivity index (χ4v) is 2.26. The molecule has 2 atom stereocenters. The van der Waals surface area contributed by atoms with Crippen molar-refractivity contribution in [3.8, 4) is 0 Å². The monoisotopic (exact) mass is 289 g/mol. The Labute approximate surface area is 125 Å². The lowest BCUT2D eigenvalue weighted by atomic mass is 9.98. The van der Waals surface area contributed by atoms with Crippen molar-refractivity contribution in [3.05, 3.63) is 65.2 Å². The van der Waals surface area contributed by atoms with E-state index in [2.05, 4.69) is 31.3 Å². The zero-order chi connectivity index (χ0) is 15.4. The topological polar surface area (TPSA) is 12.0 Å². The van der Waals surface area contributed by atoms with Crippen LogP contribution in [-0.2, 0) is 0 Å². The number of hydrogen-bond acceptors (Lipinski definition) is 1. The van der Waals surface area contributed by atoms with Gasteiger partial charge in [0, 0.05) is 11.7 Å². The van der Waals surface area contributed by atoms with Gasteiger partial charge in [0.2, 0.25) is 0 Å². The Balaban J connectivity index is 2.08. The SMILES string of the molecule is CCC(C)c1ccc(NC(C)c2ccc(F)c(F)c2)cc1. The molecule has 1 nitrogen and oxygen atoms in total. The van der Waals surface area contributed by atoms with Crippen molar-refractivity contribution in [3.63, 3.8) is 0 Å². The van der Waals surface area contributed by atoms with Crippen molar-refractivity contribution in [1.82, 2.24) is 0 Å². The molecule has 1 N–H and O–H groups in total.